The number of carbonyl (C=O) groups is 1. The molecule has 0 aromatic heterocycles. The molecule has 35 heavy (non-hydrogen) atoms. The van der Waals surface area contributed by atoms with E-state index in [1.165, 1.54) is 4.90 Å². The minimum absolute atomic E-state index is 0.116. The van der Waals surface area contributed by atoms with Gasteiger partial charge in [0.1, 0.15) is 0 Å². The van der Waals surface area contributed by atoms with E-state index in [1.807, 2.05) is 6.07 Å². The lowest BCUT2D eigenvalue weighted by atomic mass is 9.88. The number of alkyl halides is 2. The molecule has 3 aliphatic rings. The Bertz CT molecular complexity index is 922. The Morgan fingerprint density at radius 3 is 1.97 bits per heavy atom. The molecule has 1 aliphatic heterocycles. The molecule has 1 aromatic rings. The molecule has 2 saturated carbocycles. The Labute approximate surface area is 206 Å². The summed E-state index contributed by atoms with van der Waals surface area (Å²) in [6.45, 7) is -0.0327. The Morgan fingerprint density at radius 1 is 0.943 bits per heavy atom. The van der Waals surface area contributed by atoms with Crippen LogP contribution in [0.2, 0.25) is 0 Å². The lowest BCUT2D eigenvalue weighted by molar-refractivity contribution is -0.175. The minimum atomic E-state index is -5.52. The average molecular weight is 516 g/mol. The summed E-state index contributed by atoms with van der Waals surface area (Å²) in [5.41, 5.74) is 0.641. The molecule has 1 saturated heterocycles. The van der Waals surface area contributed by atoms with Crippen LogP contribution < -0.4 is 0 Å². The van der Waals surface area contributed by atoms with E-state index in [0.29, 0.717) is 31.2 Å². The molecule has 1 amide bonds. The van der Waals surface area contributed by atoms with Crippen molar-refractivity contribution < 1.29 is 35.6 Å². The molecule has 0 N–H and O–H groups in total. The first-order valence-corrected chi connectivity index (χ1v) is 14.1. The Balaban J connectivity index is 1.47. The number of carbonyl (C=O) groups excluding carboxylic acids is 1. The summed E-state index contributed by atoms with van der Waals surface area (Å²) in [5, 5.41) is -4.67. The molecule has 1 aromatic carbocycles. The SMILES string of the molecule is O=C(N(C1CCCCC1)C1CCCCC1)C(F)(F)S(=O)(=O)OCCC1(c2ccccc2)OCCO1. The highest BCUT2D eigenvalue weighted by atomic mass is 32.2. The molecule has 1 heterocycles. The molecule has 2 aliphatic carbocycles. The number of amides is 1. The lowest BCUT2D eigenvalue weighted by Gasteiger charge is -2.42. The van der Waals surface area contributed by atoms with Crippen molar-refractivity contribution in [3.05, 3.63) is 35.9 Å². The van der Waals surface area contributed by atoms with Crippen LogP contribution >= 0.6 is 0 Å². The molecule has 0 spiro atoms. The van der Waals surface area contributed by atoms with Crippen LogP contribution in [0, 0.1) is 0 Å². The number of nitrogens with zero attached hydrogens (tertiary/aromatic N) is 1. The van der Waals surface area contributed by atoms with E-state index in [0.717, 1.165) is 38.5 Å². The third-order valence-electron chi connectivity index (χ3n) is 7.37. The first-order valence-electron chi connectivity index (χ1n) is 12.7. The van der Waals surface area contributed by atoms with Gasteiger partial charge < -0.3 is 14.4 Å². The summed E-state index contributed by atoms with van der Waals surface area (Å²) in [4.78, 5) is 14.4. The van der Waals surface area contributed by atoms with Crippen molar-refractivity contribution in [2.24, 2.45) is 0 Å². The zero-order chi connectivity index (χ0) is 24.9. The summed E-state index contributed by atoms with van der Waals surface area (Å²) in [7, 11) is -5.52. The zero-order valence-corrected chi connectivity index (χ0v) is 20.8. The standard InChI is InChI=1S/C25H35F2NO6S/c26-25(27,23(29)28(21-12-6-2-7-13-21)22-14-8-3-9-15-22)35(30,31)34-17-16-24(32-18-19-33-24)20-10-4-1-5-11-20/h1,4-5,10-11,21-22H,2-3,6-9,12-19H2. The van der Waals surface area contributed by atoms with E-state index in [1.54, 1.807) is 24.3 Å². The third kappa shape index (κ3) is 5.70. The van der Waals surface area contributed by atoms with Gasteiger partial charge in [-0.2, -0.15) is 17.2 Å². The fraction of sp³-hybridized carbons (Fsp3) is 0.720. The second-order valence-corrected chi connectivity index (χ2v) is 11.3. The maximum absolute atomic E-state index is 15.3. The molecular weight excluding hydrogens is 480 g/mol. The fourth-order valence-electron chi connectivity index (χ4n) is 5.57. The van der Waals surface area contributed by atoms with Crippen LogP contribution in [0.3, 0.4) is 0 Å². The number of hydrogen-bond acceptors (Lipinski definition) is 6. The molecular formula is C25H35F2NO6S. The minimum Gasteiger partial charge on any atom is -0.343 e. The summed E-state index contributed by atoms with van der Waals surface area (Å²) in [5.74, 6) is -2.92. The lowest BCUT2D eigenvalue weighted by Crippen LogP contribution is -2.57. The van der Waals surface area contributed by atoms with E-state index < -0.39 is 33.7 Å². The second kappa shape index (κ2) is 11.2. The number of ether oxygens (including phenoxy) is 2. The van der Waals surface area contributed by atoms with Crippen LogP contribution in [0.4, 0.5) is 8.78 Å². The predicted octanol–water partition coefficient (Wildman–Crippen LogP) is 4.71. The molecule has 0 unspecified atom stereocenters. The quantitative estimate of drug-likeness (QED) is 0.443. The highest BCUT2D eigenvalue weighted by molar-refractivity contribution is 7.88. The largest absolute Gasteiger partial charge is 0.447 e. The van der Waals surface area contributed by atoms with Crippen LogP contribution in [0.5, 0.6) is 0 Å². The first-order chi connectivity index (χ1) is 16.8. The normalized spacial score (nSPS) is 22.2. The molecule has 0 atom stereocenters. The van der Waals surface area contributed by atoms with E-state index in [2.05, 4.69) is 0 Å². The average Bonchev–Trinajstić information content (AvgIpc) is 3.36. The van der Waals surface area contributed by atoms with Crippen molar-refractivity contribution in [3.8, 4) is 0 Å². The van der Waals surface area contributed by atoms with Crippen molar-refractivity contribution in [1.29, 1.82) is 0 Å². The fourth-order valence-corrected chi connectivity index (χ4v) is 6.34. The van der Waals surface area contributed by atoms with Crippen molar-refractivity contribution in [1.82, 2.24) is 4.90 Å². The Hall–Kier alpha value is -1.62. The second-order valence-electron chi connectivity index (χ2n) is 9.65. The maximum Gasteiger partial charge on any atom is 0.447 e. The zero-order valence-electron chi connectivity index (χ0n) is 20.0. The van der Waals surface area contributed by atoms with Gasteiger partial charge in [-0.1, -0.05) is 68.9 Å². The van der Waals surface area contributed by atoms with E-state index >= 15 is 8.78 Å². The van der Waals surface area contributed by atoms with E-state index in [9.17, 15) is 13.2 Å². The van der Waals surface area contributed by atoms with Crippen LogP contribution in [0.15, 0.2) is 30.3 Å². The highest BCUT2D eigenvalue weighted by Crippen LogP contribution is 2.38. The van der Waals surface area contributed by atoms with Gasteiger partial charge in [0, 0.05) is 24.1 Å². The molecule has 10 heteroatoms. The highest BCUT2D eigenvalue weighted by Gasteiger charge is 2.58. The topological polar surface area (TPSA) is 82.1 Å². The molecule has 4 rings (SSSR count). The van der Waals surface area contributed by atoms with Crippen molar-refractivity contribution in [2.75, 3.05) is 19.8 Å². The van der Waals surface area contributed by atoms with Crippen molar-refractivity contribution >= 4 is 16.0 Å². The maximum atomic E-state index is 15.3. The summed E-state index contributed by atoms with van der Waals surface area (Å²) >= 11 is 0. The monoisotopic (exact) mass is 515 g/mol. The van der Waals surface area contributed by atoms with Gasteiger partial charge in [-0.25, -0.2) is 0 Å². The molecule has 196 valence electrons. The van der Waals surface area contributed by atoms with Gasteiger partial charge in [-0.3, -0.25) is 8.98 Å². The van der Waals surface area contributed by atoms with Crippen LogP contribution in [-0.4, -0.2) is 56.4 Å². The third-order valence-corrected chi connectivity index (χ3v) is 8.65. The van der Waals surface area contributed by atoms with Crippen molar-refractivity contribution in [2.45, 2.75) is 93.8 Å². The number of hydrogen-bond donors (Lipinski definition) is 0. The van der Waals surface area contributed by atoms with Crippen molar-refractivity contribution in [3.63, 3.8) is 0 Å². The van der Waals surface area contributed by atoms with Gasteiger partial charge in [0.25, 0.3) is 0 Å². The van der Waals surface area contributed by atoms with Gasteiger partial charge in [0.2, 0.25) is 0 Å². The molecule has 3 fully saturated rings. The van der Waals surface area contributed by atoms with Gasteiger partial charge in [0.05, 0.1) is 19.8 Å². The van der Waals surface area contributed by atoms with Gasteiger partial charge in [0.15, 0.2) is 5.79 Å². The number of rotatable bonds is 9. The van der Waals surface area contributed by atoms with Crippen LogP contribution in [-0.2, 0) is 34.4 Å². The number of halogens is 2. The van der Waals surface area contributed by atoms with Gasteiger partial charge in [-0.05, 0) is 25.7 Å². The number of benzene rings is 1. The summed E-state index contributed by atoms with van der Waals surface area (Å²) < 4.78 is 72.2. The van der Waals surface area contributed by atoms with Gasteiger partial charge in [-0.15, -0.1) is 0 Å². The van der Waals surface area contributed by atoms with Crippen LogP contribution in [0.1, 0.15) is 76.2 Å². The first kappa shape index (κ1) is 26.4. The summed E-state index contributed by atoms with van der Waals surface area (Å²) in [6.07, 6.45) is 7.73. The predicted molar refractivity (Wildman–Crippen MR) is 125 cm³/mol. The van der Waals surface area contributed by atoms with Gasteiger partial charge >= 0.3 is 21.3 Å². The Morgan fingerprint density at radius 2 is 1.46 bits per heavy atom. The van der Waals surface area contributed by atoms with Crippen LogP contribution in [0.25, 0.3) is 0 Å². The van der Waals surface area contributed by atoms with E-state index in [4.69, 9.17) is 13.7 Å². The molecule has 0 radical (unpaired) electrons. The molecule has 0 bridgehead atoms. The Kier molecular flexibility index (Phi) is 8.45. The smallest absolute Gasteiger partial charge is 0.343 e. The molecule has 7 nitrogen and oxygen atoms in total. The summed E-state index contributed by atoms with van der Waals surface area (Å²) in [6, 6.07) is 8.15. The van der Waals surface area contributed by atoms with E-state index in [-0.39, 0.29) is 31.7 Å².